The number of carbonyl (C=O) groups excluding carboxylic acids is 2. The number of nitrogens with zero attached hydrogens (tertiary/aromatic N) is 3. The van der Waals surface area contributed by atoms with Crippen LogP contribution in [-0.2, 0) is 28.8 Å². The number of hydrogen-bond acceptors (Lipinski definition) is 6. The van der Waals surface area contributed by atoms with Crippen LogP contribution < -0.4 is 0 Å². The van der Waals surface area contributed by atoms with E-state index in [2.05, 4.69) is 4.98 Å². The second-order valence-corrected chi connectivity index (χ2v) is 9.53. The summed E-state index contributed by atoms with van der Waals surface area (Å²) in [5.74, 6) is -0.155. The highest BCUT2D eigenvalue weighted by atomic mass is 19.4. The zero-order valence-electron chi connectivity index (χ0n) is 21.2. The molecule has 0 aliphatic carbocycles. The molecule has 1 aromatic carbocycles. The molecule has 0 spiro atoms. The van der Waals surface area contributed by atoms with Gasteiger partial charge < -0.3 is 14.1 Å². The molecule has 0 radical (unpaired) electrons. The number of rotatable bonds is 9. The highest BCUT2D eigenvalue weighted by Gasteiger charge is 2.32. The highest BCUT2D eigenvalue weighted by Crippen LogP contribution is 2.30. The van der Waals surface area contributed by atoms with Crippen molar-refractivity contribution in [1.82, 2.24) is 14.8 Å². The molecule has 10 heteroatoms. The number of hydrogen-bond donors (Lipinski definition) is 0. The Morgan fingerprint density at radius 1 is 1.19 bits per heavy atom. The molecule has 1 aliphatic heterocycles. The molecular formula is C26H34F3N3O4. The van der Waals surface area contributed by atoms with E-state index in [1.807, 2.05) is 25.7 Å². The Bertz CT molecular complexity index is 1030. The van der Waals surface area contributed by atoms with Gasteiger partial charge in [-0.15, -0.1) is 0 Å². The third kappa shape index (κ3) is 7.09. The molecule has 0 saturated carbocycles. The van der Waals surface area contributed by atoms with Gasteiger partial charge >= 0.3 is 12.1 Å². The molecule has 2 heterocycles. The van der Waals surface area contributed by atoms with Crippen molar-refractivity contribution >= 4 is 11.9 Å². The molecule has 1 unspecified atom stereocenters. The molecular weight excluding hydrogens is 475 g/mol. The predicted molar refractivity (Wildman–Crippen MR) is 127 cm³/mol. The fourth-order valence-electron chi connectivity index (χ4n) is 4.24. The van der Waals surface area contributed by atoms with Crippen LogP contribution in [0.1, 0.15) is 68.0 Å². The summed E-state index contributed by atoms with van der Waals surface area (Å²) in [4.78, 5) is 32.9. The molecule has 0 bridgehead atoms. The van der Waals surface area contributed by atoms with Crippen molar-refractivity contribution in [3.05, 3.63) is 53.2 Å². The molecule has 1 aromatic heterocycles. The Hall–Kier alpha value is -2.88. The molecule has 7 nitrogen and oxygen atoms in total. The minimum Gasteiger partial charge on any atom is -0.466 e. The van der Waals surface area contributed by atoms with E-state index in [9.17, 15) is 22.8 Å². The van der Waals surface area contributed by atoms with Crippen LogP contribution in [0.25, 0.3) is 0 Å². The van der Waals surface area contributed by atoms with E-state index in [4.69, 9.17) is 9.15 Å². The van der Waals surface area contributed by atoms with E-state index in [-0.39, 0.29) is 48.5 Å². The smallest absolute Gasteiger partial charge is 0.416 e. The molecule has 1 aliphatic rings. The van der Waals surface area contributed by atoms with Crippen molar-refractivity contribution in [1.29, 1.82) is 0 Å². The van der Waals surface area contributed by atoms with Gasteiger partial charge in [0, 0.05) is 25.7 Å². The molecule has 1 fully saturated rings. The number of esters is 1. The van der Waals surface area contributed by atoms with Crippen LogP contribution in [-0.4, -0.2) is 52.4 Å². The second-order valence-electron chi connectivity index (χ2n) is 9.53. The fourth-order valence-corrected chi connectivity index (χ4v) is 4.24. The number of amides is 1. The average Bonchev–Trinajstić information content (AvgIpc) is 3.31. The van der Waals surface area contributed by atoms with Gasteiger partial charge in [0.05, 0.1) is 24.6 Å². The highest BCUT2D eigenvalue weighted by molar-refractivity contribution is 5.92. The number of aromatic nitrogens is 1. The third-order valence-corrected chi connectivity index (χ3v) is 6.69. The largest absolute Gasteiger partial charge is 0.466 e. The quantitative estimate of drug-likeness (QED) is 0.435. The maximum atomic E-state index is 13.2. The predicted octanol–water partition coefficient (Wildman–Crippen LogP) is 5.16. The van der Waals surface area contributed by atoms with Crippen LogP contribution in [0.2, 0.25) is 0 Å². The van der Waals surface area contributed by atoms with E-state index in [0.717, 1.165) is 12.1 Å². The Kier molecular flexibility index (Phi) is 9.16. The monoisotopic (exact) mass is 509 g/mol. The van der Waals surface area contributed by atoms with Crippen LogP contribution in [0.3, 0.4) is 0 Å². The number of halogens is 3. The van der Waals surface area contributed by atoms with Crippen molar-refractivity contribution < 1.29 is 31.9 Å². The molecule has 1 atom stereocenters. The Balaban J connectivity index is 1.67. The number of ether oxygens (including phenoxy) is 1. The SMILES string of the molecule is CCOC(=O)C1CCN(C(=O)c2coc(CN(Cc3cccc(C(F)(F)F)c3)C(C)C(C)C)n2)CC1. The maximum Gasteiger partial charge on any atom is 0.416 e. The normalized spacial score (nSPS) is 16.0. The van der Waals surface area contributed by atoms with Crippen LogP contribution in [0, 0.1) is 11.8 Å². The molecule has 1 amide bonds. The lowest BCUT2D eigenvalue weighted by Gasteiger charge is -2.31. The van der Waals surface area contributed by atoms with Crippen molar-refractivity contribution in [3.63, 3.8) is 0 Å². The van der Waals surface area contributed by atoms with Crippen molar-refractivity contribution in [2.75, 3.05) is 19.7 Å². The second kappa shape index (κ2) is 11.9. The van der Waals surface area contributed by atoms with E-state index in [1.54, 1.807) is 17.9 Å². The summed E-state index contributed by atoms with van der Waals surface area (Å²) in [7, 11) is 0. The lowest BCUT2D eigenvalue weighted by molar-refractivity contribution is -0.149. The number of oxazole rings is 1. The fraction of sp³-hybridized carbons (Fsp3) is 0.577. The summed E-state index contributed by atoms with van der Waals surface area (Å²) in [6.45, 7) is 9.54. The van der Waals surface area contributed by atoms with Crippen LogP contribution in [0.5, 0.6) is 0 Å². The van der Waals surface area contributed by atoms with E-state index in [1.165, 1.54) is 12.3 Å². The van der Waals surface area contributed by atoms with Gasteiger partial charge in [0.25, 0.3) is 5.91 Å². The van der Waals surface area contributed by atoms with Crippen molar-refractivity contribution in [2.45, 2.75) is 65.8 Å². The summed E-state index contributed by atoms with van der Waals surface area (Å²) in [6.07, 6.45) is -2.03. The summed E-state index contributed by atoms with van der Waals surface area (Å²) in [5, 5.41) is 0. The summed E-state index contributed by atoms with van der Waals surface area (Å²) in [5.41, 5.74) is 0.0216. The van der Waals surface area contributed by atoms with Gasteiger partial charge in [-0.05, 0) is 44.2 Å². The first kappa shape index (κ1) is 27.7. The summed E-state index contributed by atoms with van der Waals surface area (Å²) in [6, 6.07) is 5.31. The lowest BCUT2D eigenvalue weighted by Crippen LogP contribution is -2.40. The van der Waals surface area contributed by atoms with E-state index >= 15 is 0 Å². The minimum absolute atomic E-state index is 0.0208. The van der Waals surface area contributed by atoms with E-state index in [0.29, 0.717) is 44.0 Å². The molecule has 36 heavy (non-hydrogen) atoms. The Morgan fingerprint density at radius 2 is 1.89 bits per heavy atom. The van der Waals surface area contributed by atoms with E-state index < -0.39 is 11.7 Å². The van der Waals surface area contributed by atoms with Crippen LogP contribution in [0.15, 0.2) is 34.9 Å². The molecule has 2 aromatic rings. The average molecular weight is 510 g/mol. The van der Waals surface area contributed by atoms with Gasteiger partial charge in [-0.25, -0.2) is 4.98 Å². The Morgan fingerprint density at radius 3 is 2.50 bits per heavy atom. The topological polar surface area (TPSA) is 75.9 Å². The summed E-state index contributed by atoms with van der Waals surface area (Å²) >= 11 is 0. The van der Waals surface area contributed by atoms with Crippen LogP contribution >= 0.6 is 0 Å². The minimum atomic E-state index is -4.41. The third-order valence-electron chi connectivity index (χ3n) is 6.69. The van der Waals surface area contributed by atoms with Crippen molar-refractivity contribution in [2.24, 2.45) is 11.8 Å². The maximum absolute atomic E-state index is 13.2. The van der Waals surface area contributed by atoms with Gasteiger partial charge in [0.2, 0.25) is 5.89 Å². The zero-order valence-corrected chi connectivity index (χ0v) is 21.2. The number of alkyl halides is 3. The number of benzene rings is 1. The molecule has 198 valence electrons. The van der Waals surface area contributed by atoms with Gasteiger partial charge in [0.1, 0.15) is 6.26 Å². The van der Waals surface area contributed by atoms with Gasteiger partial charge in [-0.2, -0.15) is 13.2 Å². The van der Waals surface area contributed by atoms with Crippen molar-refractivity contribution in [3.8, 4) is 0 Å². The zero-order chi connectivity index (χ0) is 26.5. The first-order valence-electron chi connectivity index (χ1n) is 12.3. The first-order valence-corrected chi connectivity index (χ1v) is 12.3. The van der Waals surface area contributed by atoms with Crippen LogP contribution in [0.4, 0.5) is 13.2 Å². The number of piperidine rings is 1. The van der Waals surface area contributed by atoms with Gasteiger partial charge in [-0.1, -0.05) is 32.0 Å². The summed E-state index contributed by atoms with van der Waals surface area (Å²) < 4.78 is 50.2. The standard InChI is InChI=1S/C26H34F3N3O4/c1-5-35-25(34)20-9-11-31(12-10-20)24(33)22-16-36-23(30-22)15-32(18(4)17(2)3)14-19-7-6-8-21(13-19)26(27,28)29/h6-8,13,16-18,20H,5,9-12,14-15H2,1-4H3. The Labute approximate surface area is 209 Å². The number of likely N-dealkylation sites (tertiary alicyclic amines) is 1. The lowest BCUT2D eigenvalue weighted by atomic mass is 9.97. The van der Waals surface area contributed by atoms with Gasteiger partial charge in [-0.3, -0.25) is 14.5 Å². The molecule has 0 N–H and O–H groups in total. The van der Waals surface area contributed by atoms with Gasteiger partial charge in [0.15, 0.2) is 5.69 Å². The molecule has 3 rings (SSSR count). The molecule has 1 saturated heterocycles. The number of carbonyl (C=O) groups is 2. The first-order chi connectivity index (χ1) is 17.0.